The lowest BCUT2D eigenvalue weighted by Gasteiger charge is -2.30. The number of thioether (sulfide) groups is 1. The third kappa shape index (κ3) is 5.02. The number of methoxy groups -OCH3 is 1. The number of anilines is 2. The minimum atomic E-state index is -0.729. The quantitative estimate of drug-likeness (QED) is 0.304. The highest BCUT2D eigenvalue weighted by molar-refractivity contribution is 8.00. The summed E-state index contributed by atoms with van der Waals surface area (Å²) in [5, 5.41) is 2.72. The maximum atomic E-state index is 13.9. The zero-order valence-electron chi connectivity index (χ0n) is 22.1. The van der Waals surface area contributed by atoms with Crippen molar-refractivity contribution in [2.75, 3.05) is 23.9 Å². The number of fused-ring (bicyclic) bond motifs is 2. The van der Waals surface area contributed by atoms with E-state index in [1.807, 2.05) is 37.3 Å². The molecular weight excluding hydrogens is 562 g/mol. The second-order valence-electron chi connectivity index (χ2n) is 9.68. The first-order chi connectivity index (χ1) is 19.8. The summed E-state index contributed by atoms with van der Waals surface area (Å²) < 4.78 is 11.0. The molecule has 4 aromatic rings. The highest BCUT2D eigenvalue weighted by atomic mass is 32.2. The molecule has 1 aromatic heterocycles. The lowest BCUT2D eigenvalue weighted by Crippen LogP contribution is -2.32. The molecule has 0 radical (unpaired) electrons. The van der Waals surface area contributed by atoms with Gasteiger partial charge in [0.15, 0.2) is 6.61 Å². The van der Waals surface area contributed by atoms with Crippen LogP contribution in [0.4, 0.5) is 11.4 Å². The lowest BCUT2D eigenvalue weighted by molar-refractivity contribution is -0.122. The second kappa shape index (κ2) is 10.9. The number of carbonyl (C=O) groups excluding carboxylic acids is 3. The van der Waals surface area contributed by atoms with Crippen LogP contribution < -0.4 is 24.6 Å². The Hall–Kier alpha value is -4.35. The summed E-state index contributed by atoms with van der Waals surface area (Å²) in [5.74, 6) is -1.21. The number of carbonyl (C=O) groups is 3. The van der Waals surface area contributed by atoms with E-state index >= 15 is 0 Å². The smallest absolute Gasteiger partial charge is 0.305 e. The molecule has 11 heteroatoms. The van der Waals surface area contributed by atoms with Gasteiger partial charge < -0.3 is 19.8 Å². The van der Waals surface area contributed by atoms with Crippen LogP contribution in [0.1, 0.15) is 21.9 Å². The van der Waals surface area contributed by atoms with Crippen LogP contribution >= 0.6 is 23.1 Å². The number of thiazole rings is 1. The molecule has 3 heterocycles. The zero-order chi connectivity index (χ0) is 28.7. The van der Waals surface area contributed by atoms with Crippen molar-refractivity contribution in [2.45, 2.75) is 23.1 Å². The summed E-state index contributed by atoms with van der Waals surface area (Å²) in [4.78, 5) is 57.0. The van der Waals surface area contributed by atoms with E-state index in [0.29, 0.717) is 38.3 Å². The van der Waals surface area contributed by atoms with Crippen LogP contribution in [0, 0.1) is 12.8 Å². The summed E-state index contributed by atoms with van der Waals surface area (Å²) in [5.41, 5.74) is 2.82. The van der Waals surface area contributed by atoms with E-state index in [1.54, 1.807) is 49.6 Å². The largest absolute Gasteiger partial charge is 0.497 e. The molecule has 1 fully saturated rings. The molecule has 0 spiro atoms. The fourth-order valence-corrected chi connectivity index (χ4v) is 7.72. The molecule has 1 saturated heterocycles. The Morgan fingerprint density at radius 2 is 1.76 bits per heavy atom. The molecule has 0 saturated carbocycles. The Balaban J connectivity index is 1.29. The summed E-state index contributed by atoms with van der Waals surface area (Å²) in [6.07, 6.45) is 0. The highest BCUT2D eigenvalue weighted by Gasteiger charge is 2.56. The van der Waals surface area contributed by atoms with Crippen molar-refractivity contribution in [1.82, 2.24) is 4.98 Å². The molecule has 3 aromatic carbocycles. The number of nitrogens with zero attached hydrogens (tertiary/aromatic N) is 1. The van der Waals surface area contributed by atoms with Crippen LogP contribution in [0.3, 0.4) is 0 Å². The van der Waals surface area contributed by atoms with E-state index in [0.717, 1.165) is 16.9 Å². The van der Waals surface area contributed by atoms with Crippen molar-refractivity contribution < 1.29 is 23.9 Å². The standard InChI is InChI=1S/C30H25N3O6S2/c1-16-6-3-4-9-21(16)31-22(34)15-39-20-8-5-7-17(14-20)23-24-26(40-27-25(23)41-30(37)32-27)29(36)33(28(24)35)18-10-12-19(38-2)13-11-18/h3-14,23-24,26H,15H2,1-2H3,(H,31,34)(H,32,37)/t23-,24-,26+/m0/s1. The van der Waals surface area contributed by atoms with Crippen LogP contribution in [0.5, 0.6) is 11.5 Å². The van der Waals surface area contributed by atoms with E-state index in [4.69, 9.17) is 9.47 Å². The first-order valence-corrected chi connectivity index (χ1v) is 14.5. The van der Waals surface area contributed by atoms with Crippen LogP contribution in [0.2, 0.25) is 0 Å². The molecule has 2 aliphatic rings. The average molecular weight is 588 g/mol. The van der Waals surface area contributed by atoms with E-state index in [-0.39, 0.29) is 29.2 Å². The molecular formula is C30H25N3O6S2. The molecule has 208 valence electrons. The van der Waals surface area contributed by atoms with Crippen LogP contribution in [0.25, 0.3) is 0 Å². The summed E-state index contributed by atoms with van der Waals surface area (Å²) in [6.45, 7) is 1.69. The molecule has 3 amide bonds. The maximum absolute atomic E-state index is 13.9. The molecule has 6 rings (SSSR count). The molecule has 3 atom stereocenters. The van der Waals surface area contributed by atoms with E-state index in [9.17, 15) is 19.2 Å². The molecule has 2 aliphatic heterocycles. The molecule has 0 unspecified atom stereocenters. The number of benzene rings is 3. The Morgan fingerprint density at radius 3 is 2.51 bits per heavy atom. The third-order valence-corrected chi connectivity index (χ3v) is 9.56. The van der Waals surface area contributed by atoms with Crippen LogP contribution in [-0.2, 0) is 14.4 Å². The minimum absolute atomic E-state index is 0.213. The Bertz CT molecular complexity index is 1710. The Labute approximate surface area is 243 Å². The third-order valence-electron chi connectivity index (χ3n) is 7.16. The number of aromatic nitrogens is 1. The Kier molecular flexibility index (Phi) is 7.14. The van der Waals surface area contributed by atoms with Gasteiger partial charge in [0.1, 0.15) is 16.7 Å². The van der Waals surface area contributed by atoms with Gasteiger partial charge in [-0.1, -0.05) is 53.4 Å². The van der Waals surface area contributed by atoms with Crippen LogP contribution in [-0.4, -0.2) is 41.7 Å². The number of ether oxygens (including phenoxy) is 2. The number of hydrogen-bond donors (Lipinski definition) is 2. The van der Waals surface area contributed by atoms with Gasteiger partial charge >= 0.3 is 4.87 Å². The molecule has 9 nitrogen and oxygen atoms in total. The summed E-state index contributed by atoms with van der Waals surface area (Å²) >= 11 is 2.26. The fourth-order valence-electron chi connectivity index (χ4n) is 5.21. The first-order valence-electron chi connectivity index (χ1n) is 12.8. The monoisotopic (exact) mass is 587 g/mol. The number of amides is 3. The van der Waals surface area contributed by atoms with Crippen LogP contribution in [0.15, 0.2) is 82.6 Å². The number of hydrogen-bond acceptors (Lipinski definition) is 8. The second-order valence-corrected chi connectivity index (χ2v) is 11.9. The highest BCUT2D eigenvalue weighted by Crippen LogP contribution is 2.53. The van der Waals surface area contributed by atoms with Gasteiger partial charge in [0.2, 0.25) is 11.8 Å². The number of H-pyrrole nitrogens is 1. The molecule has 0 aliphatic carbocycles. The maximum Gasteiger partial charge on any atom is 0.305 e. The van der Waals surface area contributed by atoms with Gasteiger partial charge in [-0.05, 0) is 60.5 Å². The Morgan fingerprint density at radius 1 is 0.976 bits per heavy atom. The van der Waals surface area contributed by atoms with Crippen molar-refractivity contribution in [1.29, 1.82) is 0 Å². The molecule has 2 N–H and O–H groups in total. The molecule has 0 bridgehead atoms. The SMILES string of the molecule is COc1ccc(N2C(=O)[C@H]3[C@H](c4cccc(OCC(=O)Nc5ccccc5C)c4)c4sc(=O)[nH]c4S[C@H]3C2=O)cc1. The normalized spacial score (nSPS) is 19.5. The van der Waals surface area contributed by atoms with E-state index in [1.165, 1.54) is 16.7 Å². The predicted octanol–water partition coefficient (Wildman–Crippen LogP) is 4.57. The fraction of sp³-hybridized carbons (Fsp3) is 0.200. The summed E-state index contributed by atoms with van der Waals surface area (Å²) in [6, 6.07) is 21.3. The molecule has 41 heavy (non-hydrogen) atoms. The number of aromatic amines is 1. The number of rotatable bonds is 7. The number of para-hydroxylation sites is 1. The van der Waals surface area contributed by atoms with Gasteiger partial charge in [0, 0.05) is 16.5 Å². The van der Waals surface area contributed by atoms with Gasteiger partial charge in [-0.25, -0.2) is 4.90 Å². The minimum Gasteiger partial charge on any atom is -0.497 e. The van der Waals surface area contributed by atoms with Gasteiger partial charge in [-0.3, -0.25) is 19.2 Å². The number of nitrogens with one attached hydrogen (secondary N) is 2. The number of imide groups is 1. The average Bonchev–Trinajstić information content (AvgIpc) is 3.47. The van der Waals surface area contributed by atoms with E-state index in [2.05, 4.69) is 10.3 Å². The van der Waals surface area contributed by atoms with Crippen molar-refractivity contribution in [3.8, 4) is 11.5 Å². The van der Waals surface area contributed by atoms with Crippen molar-refractivity contribution in [3.05, 3.63) is 98.5 Å². The van der Waals surface area contributed by atoms with Crippen molar-refractivity contribution in [3.63, 3.8) is 0 Å². The zero-order valence-corrected chi connectivity index (χ0v) is 23.7. The number of aryl methyl sites for hydroxylation is 1. The lowest BCUT2D eigenvalue weighted by atomic mass is 9.83. The van der Waals surface area contributed by atoms with Crippen molar-refractivity contribution in [2.24, 2.45) is 5.92 Å². The van der Waals surface area contributed by atoms with Gasteiger partial charge in [-0.15, -0.1) is 0 Å². The van der Waals surface area contributed by atoms with Gasteiger partial charge in [-0.2, -0.15) is 0 Å². The van der Waals surface area contributed by atoms with E-state index < -0.39 is 17.1 Å². The van der Waals surface area contributed by atoms with Gasteiger partial charge in [0.25, 0.3) is 5.91 Å². The van der Waals surface area contributed by atoms with Gasteiger partial charge in [0.05, 0.1) is 23.7 Å². The topological polar surface area (TPSA) is 118 Å². The predicted molar refractivity (Wildman–Crippen MR) is 157 cm³/mol. The van der Waals surface area contributed by atoms with Crippen molar-refractivity contribution >= 4 is 52.2 Å². The first kappa shape index (κ1) is 26.9. The summed E-state index contributed by atoms with van der Waals surface area (Å²) in [7, 11) is 1.55.